The van der Waals surface area contributed by atoms with E-state index in [4.69, 9.17) is 4.74 Å². The van der Waals surface area contributed by atoms with E-state index in [1.54, 1.807) is 7.11 Å². The second-order valence-corrected chi connectivity index (χ2v) is 8.26. The SMILES string of the molecule is COCC1(CNS(=O)(=O)c2c(C)n(C)c3ccccc23)CCCN1. The third kappa shape index (κ3) is 2.97. The predicted octanol–water partition coefficient (Wildman–Crippen LogP) is 1.53. The van der Waals surface area contributed by atoms with Gasteiger partial charge in [0.15, 0.2) is 0 Å². The summed E-state index contributed by atoms with van der Waals surface area (Å²) in [5, 5.41) is 4.15. The Kier molecular flexibility index (Phi) is 4.70. The van der Waals surface area contributed by atoms with Crippen LogP contribution in [0.1, 0.15) is 18.5 Å². The Morgan fingerprint density at radius 2 is 2.12 bits per heavy atom. The molecule has 0 saturated carbocycles. The van der Waals surface area contributed by atoms with Crippen molar-refractivity contribution in [2.75, 3.05) is 26.8 Å². The van der Waals surface area contributed by atoms with E-state index in [0.717, 1.165) is 36.0 Å². The van der Waals surface area contributed by atoms with Gasteiger partial charge >= 0.3 is 0 Å². The van der Waals surface area contributed by atoms with E-state index in [-0.39, 0.29) is 5.54 Å². The quantitative estimate of drug-likeness (QED) is 0.828. The zero-order valence-corrected chi connectivity index (χ0v) is 15.2. The standard InChI is InChI=1S/C17H25N3O3S/c1-13-16(14-7-4-5-8-15(14)20(13)2)24(21,22)19-11-17(12-23-3)9-6-10-18-17/h4-5,7-8,18-19H,6,9-12H2,1-3H3. The summed E-state index contributed by atoms with van der Waals surface area (Å²) in [5.41, 5.74) is 1.34. The van der Waals surface area contributed by atoms with Crippen molar-refractivity contribution in [3.05, 3.63) is 30.0 Å². The fourth-order valence-corrected chi connectivity index (χ4v) is 5.20. The van der Waals surface area contributed by atoms with Gasteiger partial charge in [-0.1, -0.05) is 18.2 Å². The van der Waals surface area contributed by atoms with Crippen LogP contribution in [0.15, 0.2) is 29.2 Å². The molecule has 1 aromatic heterocycles. The molecule has 0 amide bonds. The van der Waals surface area contributed by atoms with Crippen LogP contribution < -0.4 is 10.0 Å². The van der Waals surface area contributed by atoms with Gasteiger partial charge in [-0.2, -0.15) is 0 Å². The number of methoxy groups -OCH3 is 1. The fraction of sp³-hybridized carbons (Fsp3) is 0.529. The van der Waals surface area contributed by atoms with Crippen molar-refractivity contribution >= 4 is 20.9 Å². The van der Waals surface area contributed by atoms with Crippen LogP contribution >= 0.6 is 0 Å². The van der Waals surface area contributed by atoms with E-state index in [1.807, 2.05) is 42.8 Å². The van der Waals surface area contributed by atoms with Crippen LogP contribution in [0.4, 0.5) is 0 Å². The highest BCUT2D eigenvalue weighted by Gasteiger charge is 2.35. The number of nitrogens with one attached hydrogen (secondary N) is 2. The Bertz CT molecular complexity index is 836. The number of aryl methyl sites for hydroxylation is 1. The van der Waals surface area contributed by atoms with Crippen molar-refractivity contribution in [3.63, 3.8) is 0 Å². The highest BCUT2D eigenvalue weighted by molar-refractivity contribution is 7.89. The molecule has 132 valence electrons. The van der Waals surface area contributed by atoms with Gasteiger partial charge in [-0.25, -0.2) is 13.1 Å². The lowest BCUT2D eigenvalue weighted by atomic mass is 9.99. The van der Waals surface area contributed by atoms with Crippen LogP contribution in [0.2, 0.25) is 0 Å². The molecule has 2 heterocycles. The molecule has 0 aliphatic carbocycles. The lowest BCUT2D eigenvalue weighted by Gasteiger charge is -2.28. The zero-order chi connectivity index (χ0) is 17.4. The number of rotatable bonds is 6. The first-order valence-electron chi connectivity index (χ1n) is 8.18. The van der Waals surface area contributed by atoms with Gasteiger partial charge in [0.05, 0.1) is 12.1 Å². The number of fused-ring (bicyclic) bond motifs is 1. The number of ether oxygens (including phenoxy) is 1. The second-order valence-electron chi connectivity index (χ2n) is 6.56. The molecule has 24 heavy (non-hydrogen) atoms. The number of benzene rings is 1. The minimum Gasteiger partial charge on any atom is -0.383 e. The summed E-state index contributed by atoms with van der Waals surface area (Å²) in [6.07, 6.45) is 1.93. The minimum atomic E-state index is -3.61. The van der Waals surface area contributed by atoms with Gasteiger partial charge in [0.1, 0.15) is 4.90 Å². The molecule has 0 bridgehead atoms. The molecule has 3 rings (SSSR count). The van der Waals surface area contributed by atoms with Crippen LogP contribution in [0, 0.1) is 6.92 Å². The normalized spacial score (nSPS) is 21.6. The fourth-order valence-electron chi connectivity index (χ4n) is 3.60. The van der Waals surface area contributed by atoms with Crippen LogP contribution in [-0.2, 0) is 21.8 Å². The molecule has 0 spiro atoms. The third-order valence-electron chi connectivity index (χ3n) is 4.96. The van der Waals surface area contributed by atoms with Crippen molar-refractivity contribution in [1.29, 1.82) is 0 Å². The van der Waals surface area contributed by atoms with Crippen LogP contribution in [0.3, 0.4) is 0 Å². The Morgan fingerprint density at radius 3 is 2.79 bits per heavy atom. The minimum absolute atomic E-state index is 0.319. The summed E-state index contributed by atoms with van der Waals surface area (Å²) in [7, 11) is -0.0726. The lowest BCUT2D eigenvalue weighted by Crippen LogP contribution is -2.52. The van der Waals surface area contributed by atoms with Crippen molar-refractivity contribution < 1.29 is 13.2 Å². The number of aromatic nitrogens is 1. The summed E-state index contributed by atoms with van der Waals surface area (Å²) in [5.74, 6) is 0. The molecule has 1 saturated heterocycles. The molecule has 1 aliphatic rings. The first-order valence-corrected chi connectivity index (χ1v) is 9.66. The molecular formula is C17H25N3O3S. The van der Waals surface area contributed by atoms with Gasteiger partial charge in [-0.05, 0) is 32.4 Å². The predicted molar refractivity (Wildman–Crippen MR) is 94.7 cm³/mol. The topological polar surface area (TPSA) is 72.4 Å². The summed E-state index contributed by atoms with van der Waals surface area (Å²) in [6, 6.07) is 7.58. The van der Waals surface area contributed by atoms with E-state index in [0.29, 0.717) is 18.0 Å². The Labute approximate surface area is 143 Å². The Hall–Kier alpha value is -1.41. The van der Waals surface area contributed by atoms with E-state index < -0.39 is 10.0 Å². The summed E-state index contributed by atoms with van der Waals surface area (Å²) in [4.78, 5) is 0.367. The largest absolute Gasteiger partial charge is 0.383 e. The Balaban J connectivity index is 1.93. The lowest BCUT2D eigenvalue weighted by molar-refractivity contribution is 0.122. The van der Waals surface area contributed by atoms with Crippen LogP contribution in [0.25, 0.3) is 10.9 Å². The molecule has 0 radical (unpaired) electrons. The average Bonchev–Trinajstić information content (AvgIpc) is 3.11. The maximum absolute atomic E-state index is 13.0. The van der Waals surface area contributed by atoms with Gasteiger partial charge in [0.25, 0.3) is 0 Å². The number of para-hydroxylation sites is 1. The average molecular weight is 351 g/mol. The summed E-state index contributed by atoms with van der Waals surface area (Å²) in [6.45, 7) is 3.54. The molecule has 1 unspecified atom stereocenters. The highest BCUT2D eigenvalue weighted by Crippen LogP contribution is 2.29. The first kappa shape index (κ1) is 17.4. The van der Waals surface area contributed by atoms with Gasteiger partial charge in [0, 0.05) is 37.3 Å². The number of sulfonamides is 1. The van der Waals surface area contributed by atoms with Gasteiger partial charge in [0.2, 0.25) is 10.0 Å². The van der Waals surface area contributed by atoms with Crippen molar-refractivity contribution in [2.24, 2.45) is 7.05 Å². The Morgan fingerprint density at radius 1 is 1.38 bits per heavy atom. The zero-order valence-electron chi connectivity index (χ0n) is 14.4. The van der Waals surface area contributed by atoms with Crippen molar-refractivity contribution in [1.82, 2.24) is 14.6 Å². The molecule has 1 atom stereocenters. The van der Waals surface area contributed by atoms with Crippen molar-refractivity contribution in [2.45, 2.75) is 30.2 Å². The number of nitrogens with zero attached hydrogens (tertiary/aromatic N) is 1. The van der Waals surface area contributed by atoms with E-state index in [2.05, 4.69) is 10.0 Å². The number of hydrogen-bond donors (Lipinski definition) is 2. The van der Waals surface area contributed by atoms with E-state index >= 15 is 0 Å². The van der Waals surface area contributed by atoms with Crippen LogP contribution in [0.5, 0.6) is 0 Å². The molecule has 1 fully saturated rings. The van der Waals surface area contributed by atoms with E-state index in [9.17, 15) is 8.42 Å². The van der Waals surface area contributed by atoms with E-state index in [1.165, 1.54) is 0 Å². The van der Waals surface area contributed by atoms with Crippen molar-refractivity contribution in [3.8, 4) is 0 Å². The van der Waals surface area contributed by atoms with Crippen LogP contribution in [-0.4, -0.2) is 45.3 Å². The molecule has 1 aliphatic heterocycles. The maximum Gasteiger partial charge on any atom is 0.243 e. The molecule has 2 N–H and O–H groups in total. The molecule has 2 aromatic rings. The second kappa shape index (κ2) is 6.48. The van der Waals surface area contributed by atoms with Gasteiger partial charge < -0.3 is 14.6 Å². The third-order valence-corrected chi connectivity index (χ3v) is 6.54. The number of hydrogen-bond acceptors (Lipinski definition) is 4. The monoisotopic (exact) mass is 351 g/mol. The van der Waals surface area contributed by atoms with Gasteiger partial charge in [-0.15, -0.1) is 0 Å². The summed E-state index contributed by atoms with van der Waals surface area (Å²) < 4.78 is 36.0. The first-order chi connectivity index (χ1) is 11.4. The maximum atomic E-state index is 13.0. The highest BCUT2D eigenvalue weighted by atomic mass is 32.2. The molecule has 7 heteroatoms. The molecular weight excluding hydrogens is 326 g/mol. The smallest absolute Gasteiger partial charge is 0.243 e. The summed E-state index contributed by atoms with van der Waals surface area (Å²) >= 11 is 0. The molecule has 6 nitrogen and oxygen atoms in total. The molecule has 1 aromatic carbocycles. The van der Waals surface area contributed by atoms with Gasteiger partial charge in [-0.3, -0.25) is 0 Å².